The van der Waals surface area contributed by atoms with Gasteiger partial charge in [-0.25, -0.2) is 9.97 Å². The minimum atomic E-state index is 0.450. The number of aromatic nitrogens is 3. The number of hydrogen-bond donors (Lipinski definition) is 1. The van der Waals surface area contributed by atoms with Gasteiger partial charge in [0.1, 0.15) is 0 Å². The normalized spacial score (nSPS) is 11.4. The Morgan fingerprint density at radius 2 is 1.95 bits per heavy atom. The van der Waals surface area contributed by atoms with Crippen molar-refractivity contribution in [2.45, 2.75) is 0 Å². The molecule has 2 heterocycles. The number of nitrogen functional groups attached to an aromatic ring is 1. The SMILES string of the molecule is Nc1nc2ccc(Cl)cc2n1-c1ccc2ncsc2c1. The van der Waals surface area contributed by atoms with Gasteiger partial charge in [0.15, 0.2) is 0 Å². The third kappa shape index (κ3) is 1.67. The highest BCUT2D eigenvalue weighted by Gasteiger charge is 2.11. The van der Waals surface area contributed by atoms with E-state index in [1.165, 1.54) is 0 Å². The van der Waals surface area contributed by atoms with Crippen molar-refractivity contribution < 1.29 is 0 Å². The van der Waals surface area contributed by atoms with E-state index in [2.05, 4.69) is 16.0 Å². The van der Waals surface area contributed by atoms with Crippen LogP contribution in [0.3, 0.4) is 0 Å². The van der Waals surface area contributed by atoms with Gasteiger partial charge in [-0.1, -0.05) is 11.6 Å². The van der Waals surface area contributed by atoms with Crippen LogP contribution >= 0.6 is 22.9 Å². The second-order valence-corrected chi connectivity index (χ2v) is 5.77. The summed E-state index contributed by atoms with van der Waals surface area (Å²) >= 11 is 7.68. The molecule has 2 aromatic heterocycles. The van der Waals surface area contributed by atoms with E-state index >= 15 is 0 Å². The molecule has 0 spiro atoms. The number of imidazole rings is 1. The molecule has 4 aromatic rings. The monoisotopic (exact) mass is 300 g/mol. The van der Waals surface area contributed by atoms with Crippen molar-refractivity contribution in [1.29, 1.82) is 0 Å². The lowest BCUT2D eigenvalue weighted by Crippen LogP contribution is -2.00. The van der Waals surface area contributed by atoms with Crippen molar-refractivity contribution >= 4 is 50.1 Å². The van der Waals surface area contributed by atoms with E-state index in [1.807, 2.05) is 40.4 Å². The van der Waals surface area contributed by atoms with Gasteiger partial charge in [0.25, 0.3) is 0 Å². The summed E-state index contributed by atoms with van der Waals surface area (Å²) in [5, 5.41) is 0.664. The molecular formula is C14H9ClN4S. The van der Waals surface area contributed by atoms with Gasteiger partial charge in [-0.15, -0.1) is 11.3 Å². The summed E-state index contributed by atoms with van der Waals surface area (Å²) in [7, 11) is 0. The zero-order valence-electron chi connectivity index (χ0n) is 10.2. The average molecular weight is 301 g/mol. The lowest BCUT2D eigenvalue weighted by Gasteiger charge is -2.06. The number of hydrogen-bond acceptors (Lipinski definition) is 4. The molecule has 0 atom stereocenters. The Labute approximate surface area is 123 Å². The molecule has 0 aliphatic rings. The second kappa shape index (κ2) is 4.19. The first-order valence-electron chi connectivity index (χ1n) is 5.99. The van der Waals surface area contributed by atoms with Crippen LogP contribution in [0, 0.1) is 0 Å². The maximum Gasteiger partial charge on any atom is 0.205 e. The van der Waals surface area contributed by atoms with Crippen LogP contribution in [-0.2, 0) is 0 Å². The fourth-order valence-corrected chi connectivity index (χ4v) is 3.20. The molecule has 2 aromatic carbocycles. The van der Waals surface area contributed by atoms with Gasteiger partial charge in [-0.05, 0) is 36.4 Å². The molecule has 0 fully saturated rings. The van der Waals surface area contributed by atoms with Crippen LogP contribution in [0.25, 0.3) is 26.9 Å². The van der Waals surface area contributed by atoms with Gasteiger partial charge in [-0.2, -0.15) is 0 Å². The Kier molecular flexibility index (Phi) is 2.45. The van der Waals surface area contributed by atoms with Crippen LogP contribution in [0.2, 0.25) is 5.02 Å². The molecule has 98 valence electrons. The summed E-state index contributed by atoms with van der Waals surface area (Å²) in [6.07, 6.45) is 0. The van der Waals surface area contributed by atoms with Crippen LogP contribution in [-0.4, -0.2) is 14.5 Å². The summed E-state index contributed by atoms with van der Waals surface area (Å²) in [6, 6.07) is 11.6. The summed E-state index contributed by atoms with van der Waals surface area (Å²) in [5.41, 5.74) is 11.6. The number of halogens is 1. The number of rotatable bonds is 1. The van der Waals surface area contributed by atoms with E-state index in [4.69, 9.17) is 17.3 Å². The number of anilines is 1. The highest BCUT2D eigenvalue weighted by molar-refractivity contribution is 7.16. The van der Waals surface area contributed by atoms with E-state index < -0.39 is 0 Å². The topological polar surface area (TPSA) is 56.7 Å². The second-order valence-electron chi connectivity index (χ2n) is 4.44. The molecule has 20 heavy (non-hydrogen) atoms. The Bertz CT molecular complexity index is 941. The Hall–Kier alpha value is -2.11. The molecule has 0 saturated carbocycles. The van der Waals surface area contributed by atoms with Crippen molar-refractivity contribution in [2.24, 2.45) is 0 Å². The van der Waals surface area contributed by atoms with E-state index in [9.17, 15) is 0 Å². The van der Waals surface area contributed by atoms with Gasteiger partial charge in [0.2, 0.25) is 5.95 Å². The molecule has 4 rings (SSSR count). The summed E-state index contributed by atoms with van der Waals surface area (Å²) in [5.74, 6) is 0.450. The van der Waals surface area contributed by atoms with E-state index in [0.717, 1.165) is 26.9 Å². The molecule has 0 bridgehead atoms. The van der Waals surface area contributed by atoms with Crippen molar-refractivity contribution in [1.82, 2.24) is 14.5 Å². The first-order valence-corrected chi connectivity index (χ1v) is 7.25. The molecule has 4 nitrogen and oxygen atoms in total. The largest absolute Gasteiger partial charge is 0.369 e. The van der Waals surface area contributed by atoms with Crippen molar-refractivity contribution in [3.63, 3.8) is 0 Å². The van der Waals surface area contributed by atoms with Crippen LogP contribution in [0.5, 0.6) is 0 Å². The average Bonchev–Trinajstić information content (AvgIpc) is 3.00. The molecule has 2 N–H and O–H groups in total. The molecule has 6 heteroatoms. The van der Waals surface area contributed by atoms with Crippen LogP contribution < -0.4 is 5.73 Å². The van der Waals surface area contributed by atoms with Crippen molar-refractivity contribution in [3.05, 3.63) is 46.9 Å². The van der Waals surface area contributed by atoms with Crippen LogP contribution in [0.4, 0.5) is 5.95 Å². The maximum absolute atomic E-state index is 6.08. The number of benzene rings is 2. The number of fused-ring (bicyclic) bond motifs is 2. The number of thiazole rings is 1. The van der Waals surface area contributed by atoms with Crippen LogP contribution in [0.15, 0.2) is 41.9 Å². The number of nitrogens with zero attached hydrogens (tertiary/aromatic N) is 3. The highest BCUT2D eigenvalue weighted by Crippen LogP contribution is 2.28. The first kappa shape index (κ1) is 11.7. The van der Waals surface area contributed by atoms with Crippen molar-refractivity contribution in [2.75, 3.05) is 5.73 Å². The summed E-state index contributed by atoms with van der Waals surface area (Å²) < 4.78 is 3.02. The van der Waals surface area contributed by atoms with E-state index in [1.54, 1.807) is 11.3 Å². The van der Waals surface area contributed by atoms with Gasteiger partial charge < -0.3 is 5.73 Å². The number of nitrogens with two attached hydrogens (primary N) is 1. The van der Waals surface area contributed by atoms with Gasteiger partial charge in [-0.3, -0.25) is 4.57 Å². The third-order valence-electron chi connectivity index (χ3n) is 3.22. The predicted octanol–water partition coefficient (Wildman–Crippen LogP) is 3.87. The zero-order valence-corrected chi connectivity index (χ0v) is 11.8. The third-order valence-corrected chi connectivity index (χ3v) is 4.24. The Balaban J connectivity index is 2.05. The predicted molar refractivity (Wildman–Crippen MR) is 83.7 cm³/mol. The molecule has 0 aliphatic heterocycles. The molecule has 0 saturated heterocycles. The quantitative estimate of drug-likeness (QED) is 0.580. The van der Waals surface area contributed by atoms with Crippen LogP contribution in [0.1, 0.15) is 0 Å². The van der Waals surface area contributed by atoms with Gasteiger partial charge >= 0.3 is 0 Å². The fourth-order valence-electron chi connectivity index (χ4n) is 2.32. The van der Waals surface area contributed by atoms with E-state index in [0.29, 0.717) is 11.0 Å². The lowest BCUT2D eigenvalue weighted by atomic mass is 10.2. The van der Waals surface area contributed by atoms with Crippen molar-refractivity contribution in [3.8, 4) is 5.69 Å². The first-order chi connectivity index (χ1) is 9.72. The summed E-state index contributed by atoms with van der Waals surface area (Å²) in [6.45, 7) is 0. The van der Waals surface area contributed by atoms with E-state index in [-0.39, 0.29) is 0 Å². The minimum Gasteiger partial charge on any atom is -0.369 e. The highest BCUT2D eigenvalue weighted by atomic mass is 35.5. The smallest absolute Gasteiger partial charge is 0.205 e. The lowest BCUT2D eigenvalue weighted by molar-refractivity contribution is 1.11. The fraction of sp³-hybridized carbons (Fsp3) is 0. The Morgan fingerprint density at radius 3 is 2.85 bits per heavy atom. The maximum atomic E-state index is 6.08. The zero-order chi connectivity index (χ0) is 13.7. The molecule has 0 radical (unpaired) electrons. The Morgan fingerprint density at radius 1 is 1.10 bits per heavy atom. The molecular weight excluding hydrogens is 292 g/mol. The molecule has 0 amide bonds. The standard InChI is InChI=1S/C14H9ClN4S/c15-8-1-3-10-12(5-8)19(14(16)18-10)9-2-4-11-13(6-9)20-7-17-11/h1-7H,(H2,16,18). The minimum absolute atomic E-state index is 0.450. The van der Waals surface area contributed by atoms with Gasteiger partial charge in [0.05, 0.1) is 32.4 Å². The molecule has 0 aliphatic carbocycles. The van der Waals surface area contributed by atoms with Gasteiger partial charge in [0, 0.05) is 5.02 Å². The molecule has 0 unspecified atom stereocenters. The summed E-state index contributed by atoms with van der Waals surface area (Å²) in [4.78, 5) is 8.65.